The summed E-state index contributed by atoms with van der Waals surface area (Å²) < 4.78 is 6.46. The number of benzene rings is 1. The highest BCUT2D eigenvalue weighted by atomic mass is 16.5. The number of nitrogens with zero attached hydrogens (tertiary/aromatic N) is 5. The van der Waals surface area contributed by atoms with E-state index in [1.54, 1.807) is 55.4 Å². The molecule has 0 bridgehead atoms. The fourth-order valence-corrected chi connectivity index (χ4v) is 3.58. The summed E-state index contributed by atoms with van der Waals surface area (Å²) in [7, 11) is 1.68. The van der Waals surface area contributed by atoms with E-state index in [1.807, 2.05) is 11.0 Å². The minimum absolute atomic E-state index is 0.212. The maximum absolute atomic E-state index is 12.7. The number of aryl methyl sites for hydroxylation is 1. The van der Waals surface area contributed by atoms with E-state index in [0.29, 0.717) is 61.0 Å². The van der Waals surface area contributed by atoms with E-state index in [1.165, 1.54) is 4.57 Å². The largest absolute Gasteiger partial charge is 0.462 e. The Hall–Kier alpha value is -3.95. The lowest BCUT2D eigenvalue weighted by molar-refractivity contribution is 0.0526. The van der Waals surface area contributed by atoms with E-state index in [4.69, 9.17) is 4.74 Å². The zero-order valence-electron chi connectivity index (χ0n) is 17.9. The van der Waals surface area contributed by atoms with Crippen molar-refractivity contribution in [2.45, 2.75) is 6.92 Å². The summed E-state index contributed by atoms with van der Waals surface area (Å²) in [4.78, 5) is 49.4. The Morgan fingerprint density at radius 1 is 1.09 bits per heavy atom. The average Bonchev–Trinajstić information content (AvgIpc) is 2.82. The summed E-state index contributed by atoms with van der Waals surface area (Å²) in [6, 6.07) is 9.92. The van der Waals surface area contributed by atoms with Gasteiger partial charge in [-0.2, -0.15) is 0 Å². The number of fused-ring (bicyclic) bond motifs is 1. The van der Waals surface area contributed by atoms with Gasteiger partial charge in [0.25, 0.3) is 5.56 Å². The predicted octanol–water partition coefficient (Wildman–Crippen LogP) is 1.86. The Kier molecular flexibility index (Phi) is 6.02. The topological polar surface area (TPSA) is 110 Å². The molecule has 3 aromatic rings. The van der Waals surface area contributed by atoms with Crippen molar-refractivity contribution in [2.75, 3.05) is 43.0 Å². The van der Waals surface area contributed by atoms with E-state index in [-0.39, 0.29) is 11.6 Å². The third kappa shape index (κ3) is 4.25. The molecule has 0 aliphatic carbocycles. The molecular weight excluding hydrogens is 412 g/mol. The molecule has 0 unspecified atom stereocenters. The van der Waals surface area contributed by atoms with E-state index in [2.05, 4.69) is 15.3 Å². The van der Waals surface area contributed by atoms with E-state index in [0.717, 1.165) is 0 Å². The fourth-order valence-electron chi connectivity index (χ4n) is 3.58. The smallest absolute Gasteiger partial charge is 0.338 e. The van der Waals surface area contributed by atoms with Crippen molar-refractivity contribution in [1.82, 2.24) is 19.4 Å². The van der Waals surface area contributed by atoms with Crippen molar-refractivity contribution >= 4 is 34.7 Å². The average molecular weight is 436 g/mol. The van der Waals surface area contributed by atoms with Gasteiger partial charge in [-0.25, -0.2) is 19.6 Å². The highest BCUT2D eigenvalue weighted by molar-refractivity contribution is 5.92. The van der Waals surface area contributed by atoms with Crippen molar-refractivity contribution < 1.29 is 14.3 Å². The lowest BCUT2D eigenvalue weighted by Crippen LogP contribution is -2.51. The van der Waals surface area contributed by atoms with Crippen molar-refractivity contribution in [3.05, 3.63) is 58.5 Å². The molecule has 0 saturated carbocycles. The first-order chi connectivity index (χ1) is 15.5. The molecule has 1 N–H and O–H groups in total. The van der Waals surface area contributed by atoms with Crippen LogP contribution in [0.5, 0.6) is 0 Å². The van der Waals surface area contributed by atoms with Crippen LogP contribution in [0, 0.1) is 0 Å². The van der Waals surface area contributed by atoms with Gasteiger partial charge in [-0.05, 0) is 43.3 Å². The zero-order chi connectivity index (χ0) is 22.7. The van der Waals surface area contributed by atoms with Crippen molar-refractivity contribution in [2.24, 2.45) is 7.05 Å². The first kappa shape index (κ1) is 21.3. The Morgan fingerprint density at radius 2 is 1.81 bits per heavy atom. The second-order valence-corrected chi connectivity index (χ2v) is 7.35. The van der Waals surface area contributed by atoms with Crippen LogP contribution in [0.1, 0.15) is 17.3 Å². The van der Waals surface area contributed by atoms with E-state index < -0.39 is 5.97 Å². The summed E-state index contributed by atoms with van der Waals surface area (Å²) in [6.45, 7) is 3.93. The molecule has 0 spiro atoms. The molecule has 166 valence electrons. The number of anilines is 2. The van der Waals surface area contributed by atoms with Crippen molar-refractivity contribution in [1.29, 1.82) is 0 Å². The van der Waals surface area contributed by atoms with Crippen LogP contribution in [-0.2, 0) is 11.8 Å². The molecule has 32 heavy (non-hydrogen) atoms. The van der Waals surface area contributed by atoms with Crippen LogP contribution >= 0.6 is 0 Å². The summed E-state index contributed by atoms with van der Waals surface area (Å²) in [5.41, 5.74) is 1.99. The Labute approximate surface area is 184 Å². The van der Waals surface area contributed by atoms with Gasteiger partial charge in [0.15, 0.2) is 11.5 Å². The fraction of sp³-hybridized carbons (Fsp3) is 0.318. The second-order valence-electron chi connectivity index (χ2n) is 7.35. The third-order valence-electron chi connectivity index (χ3n) is 5.32. The Morgan fingerprint density at radius 3 is 2.50 bits per heavy atom. The number of piperazine rings is 1. The Balaban J connectivity index is 1.39. The van der Waals surface area contributed by atoms with Gasteiger partial charge in [0.05, 0.1) is 12.2 Å². The van der Waals surface area contributed by atoms with Crippen LogP contribution in [0.15, 0.2) is 47.4 Å². The van der Waals surface area contributed by atoms with Gasteiger partial charge in [-0.3, -0.25) is 9.36 Å². The lowest BCUT2D eigenvalue weighted by atomic mass is 10.2. The minimum Gasteiger partial charge on any atom is -0.462 e. The number of rotatable bonds is 4. The molecular formula is C22H24N6O4. The maximum atomic E-state index is 12.7. The van der Waals surface area contributed by atoms with Gasteiger partial charge < -0.3 is 19.9 Å². The molecule has 10 nitrogen and oxygen atoms in total. The van der Waals surface area contributed by atoms with E-state index >= 15 is 0 Å². The van der Waals surface area contributed by atoms with Gasteiger partial charge >= 0.3 is 12.0 Å². The van der Waals surface area contributed by atoms with Crippen molar-refractivity contribution in [3.8, 4) is 0 Å². The summed E-state index contributed by atoms with van der Waals surface area (Å²) in [5, 5.41) is 2.84. The molecule has 0 radical (unpaired) electrons. The number of nitrogens with one attached hydrogen (secondary N) is 1. The van der Waals surface area contributed by atoms with Gasteiger partial charge in [-0.15, -0.1) is 0 Å². The SMILES string of the molecule is CCOC(=O)c1ccc(NC(=O)N2CCN(c3nc4cccnc4n(C)c3=O)CC2)cc1. The number of pyridine rings is 1. The highest BCUT2D eigenvalue weighted by Crippen LogP contribution is 2.16. The lowest BCUT2D eigenvalue weighted by Gasteiger charge is -2.35. The molecule has 3 heterocycles. The Bertz CT molecular complexity index is 1200. The number of amides is 2. The molecule has 1 fully saturated rings. The number of hydrogen-bond donors (Lipinski definition) is 1. The normalized spacial score (nSPS) is 13.8. The maximum Gasteiger partial charge on any atom is 0.338 e. The monoisotopic (exact) mass is 436 g/mol. The molecule has 1 aliphatic heterocycles. The van der Waals surface area contributed by atoms with Crippen LogP contribution in [0.4, 0.5) is 16.3 Å². The number of esters is 1. The van der Waals surface area contributed by atoms with E-state index in [9.17, 15) is 14.4 Å². The molecule has 0 atom stereocenters. The first-order valence-corrected chi connectivity index (χ1v) is 10.4. The number of carbonyl (C=O) groups excluding carboxylic acids is 2. The summed E-state index contributed by atoms with van der Waals surface area (Å²) >= 11 is 0. The van der Waals surface area contributed by atoms with Gasteiger partial charge in [0.2, 0.25) is 0 Å². The molecule has 1 aromatic carbocycles. The van der Waals surface area contributed by atoms with Gasteiger partial charge in [0.1, 0.15) is 5.52 Å². The molecule has 1 aliphatic rings. The minimum atomic E-state index is -0.397. The molecule has 1 saturated heterocycles. The first-order valence-electron chi connectivity index (χ1n) is 10.4. The number of hydrogen-bond acceptors (Lipinski definition) is 7. The molecule has 2 aromatic heterocycles. The number of carbonyl (C=O) groups is 2. The van der Waals surface area contributed by atoms with Crippen LogP contribution in [0.2, 0.25) is 0 Å². The third-order valence-corrected chi connectivity index (χ3v) is 5.32. The second kappa shape index (κ2) is 9.04. The molecule has 10 heteroatoms. The quantitative estimate of drug-likeness (QED) is 0.622. The van der Waals surface area contributed by atoms with Crippen LogP contribution in [0.25, 0.3) is 11.2 Å². The summed E-state index contributed by atoms with van der Waals surface area (Å²) in [5.74, 6) is -0.0339. The predicted molar refractivity (Wildman–Crippen MR) is 120 cm³/mol. The summed E-state index contributed by atoms with van der Waals surface area (Å²) in [6.07, 6.45) is 1.63. The van der Waals surface area contributed by atoms with Crippen molar-refractivity contribution in [3.63, 3.8) is 0 Å². The number of ether oxygens (including phenoxy) is 1. The molecule has 4 rings (SSSR count). The number of aromatic nitrogens is 3. The number of urea groups is 1. The van der Waals surface area contributed by atoms with Crippen LogP contribution < -0.4 is 15.8 Å². The zero-order valence-corrected chi connectivity index (χ0v) is 17.9. The van der Waals surface area contributed by atoms with Crippen LogP contribution in [0.3, 0.4) is 0 Å². The van der Waals surface area contributed by atoms with Gasteiger partial charge in [-0.1, -0.05) is 0 Å². The highest BCUT2D eigenvalue weighted by Gasteiger charge is 2.24. The van der Waals surface area contributed by atoms with Crippen LogP contribution in [-0.4, -0.2) is 64.2 Å². The standard InChI is InChI=1S/C22H24N6O4/c1-3-32-21(30)15-6-8-16(9-7-15)24-22(31)28-13-11-27(12-14-28)19-20(29)26(2)18-17(25-19)5-4-10-23-18/h4-10H,3,11-14H2,1-2H3,(H,24,31). The van der Waals surface area contributed by atoms with Gasteiger partial charge in [0, 0.05) is 45.1 Å². The molecule has 2 amide bonds.